The molecule has 11 heteroatoms. The van der Waals surface area contributed by atoms with E-state index in [2.05, 4.69) is 5.10 Å². The quantitative estimate of drug-likeness (QED) is 0.467. The van der Waals surface area contributed by atoms with Crippen molar-refractivity contribution in [1.29, 1.82) is 0 Å². The van der Waals surface area contributed by atoms with Crippen LogP contribution in [0.25, 0.3) is 11.4 Å². The summed E-state index contributed by atoms with van der Waals surface area (Å²) in [6, 6.07) is 6.55. The van der Waals surface area contributed by atoms with E-state index in [1.807, 2.05) is 0 Å². The molecule has 1 aromatic carbocycles. The molecule has 0 spiro atoms. The maximum absolute atomic E-state index is 11.9. The van der Waals surface area contributed by atoms with Crippen LogP contribution in [0.1, 0.15) is 0 Å². The maximum atomic E-state index is 11.9. The van der Waals surface area contributed by atoms with E-state index < -0.39 is 14.8 Å². The lowest BCUT2D eigenvalue weighted by Gasteiger charge is -2.04. The van der Waals surface area contributed by atoms with Crippen LogP contribution in [0.5, 0.6) is 0 Å². The van der Waals surface area contributed by atoms with Crippen LogP contribution in [0.4, 0.5) is 0 Å². The van der Waals surface area contributed by atoms with Crippen molar-refractivity contribution >= 4 is 31.5 Å². The standard InChI is InChI=1S/C10H11ClN4O4S2/c11-8-3-1-7(2-4-8)9-13-14(10(16)15(9)12)5-6-20-21(17,18)19/h1-4H,5-6,12H2,(H,17,18,19)/p-1. The van der Waals surface area contributed by atoms with Crippen LogP contribution < -0.4 is 11.5 Å². The van der Waals surface area contributed by atoms with Gasteiger partial charge in [0.15, 0.2) is 5.82 Å². The SMILES string of the molecule is Nn1c(-c2ccc(Cl)cc2)nn(CCSS(=O)(=O)[O-])c1=O. The van der Waals surface area contributed by atoms with Crippen molar-refractivity contribution in [2.24, 2.45) is 0 Å². The molecule has 1 heterocycles. The molecule has 21 heavy (non-hydrogen) atoms. The smallest absolute Gasteiger partial charge is 0.364 e. The van der Waals surface area contributed by atoms with Crippen LogP contribution in [0.2, 0.25) is 5.02 Å². The van der Waals surface area contributed by atoms with E-state index in [-0.39, 0.29) is 28.9 Å². The Morgan fingerprint density at radius 2 is 1.95 bits per heavy atom. The highest BCUT2D eigenvalue weighted by molar-refractivity contribution is 8.69. The minimum absolute atomic E-state index is 0.0459. The van der Waals surface area contributed by atoms with Gasteiger partial charge < -0.3 is 10.4 Å². The Morgan fingerprint density at radius 3 is 2.52 bits per heavy atom. The molecule has 0 aliphatic heterocycles. The molecular weight excluding hydrogens is 340 g/mol. The zero-order chi connectivity index (χ0) is 15.6. The first-order valence-electron chi connectivity index (χ1n) is 5.59. The molecule has 0 amide bonds. The van der Waals surface area contributed by atoms with E-state index in [0.717, 1.165) is 9.36 Å². The molecule has 2 aromatic rings. The number of nitrogen functional groups attached to an aromatic ring is 1. The monoisotopic (exact) mass is 349 g/mol. The molecule has 1 aromatic heterocycles. The molecule has 2 rings (SSSR count). The van der Waals surface area contributed by atoms with Gasteiger partial charge in [0, 0.05) is 16.3 Å². The molecule has 0 bridgehead atoms. The van der Waals surface area contributed by atoms with Gasteiger partial charge in [-0.1, -0.05) is 11.6 Å². The highest BCUT2D eigenvalue weighted by atomic mass is 35.5. The molecule has 0 saturated carbocycles. The van der Waals surface area contributed by atoms with Crippen LogP contribution >= 0.6 is 22.4 Å². The number of nitrogens with zero attached hydrogens (tertiary/aromatic N) is 3. The van der Waals surface area contributed by atoms with Gasteiger partial charge in [-0.15, -0.1) is 5.10 Å². The van der Waals surface area contributed by atoms with Crippen molar-refractivity contribution < 1.29 is 13.0 Å². The lowest BCUT2D eigenvalue weighted by atomic mass is 10.2. The van der Waals surface area contributed by atoms with Gasteiger partial charge in [-0.05, 0) is 35.1 Å². The lowest BCUT2D eigenvalue weighted by Crippen LogP contribution is -2.30. The minimum atomic E-state index is -4.40. The van der Waals surface area contributed by atoms with E-state index >= 15 is 0 Å². The first kappa shape index (κ1) is 15.9. The molecule has 0 aliphatic carbocycles. The van der Waals surface area contributed by atoms with Crippen molar-refractivity contribution in [3.8, 4) is 11.4 Å². The number of rotatable bonds is 5. The number of aryl methyl sites for hydroxylation is 1. The number of nitrogens with two attached hydrogens (primary N) is 1. The van der Waals surface area contributed by atoms with E-state index in [9.17, 15) is 17.8 Å². The van der Waals surface area contributed by atoms with Gasteiger partial charge in [0.05, 0.1) is 6.54 Å². The topological polar surface area (TPSA) is 123 Å². The predicted molar refractivity (Wildman–Crippen MR) is 79.2 cm³/mol. The Kier molecular flexibility index (Phi) is 4.61. The third-order valence-electron chi connectivity index (χ3n) is 2.50. The number of aromatic nitrogens is 3. The number of hydrogen-bond acceptors (Lipinski definition) is 7. The van der Waals surface area contributed by atoms with Gasteiger partial charge in [-0.3, -0.25) is 0 Å². The van der Waals surface area contributed by atoms with Gasteiger partial charge in [0.25, 0.3) is 0 Å². The fraction of sp³-hybridized carbons (Fsp3) is 0.200. The third kappa shape index (κ3) is 4.00. The molecule has 2 N–H and O–H groups in total. The van der Waals surface area contributed by atoms with E-state index in [4.69, 9.17) is 17.4 Å². The molecule has 8 nitrogen and oxygen atoms in total. The first-order chi connectivity index (χ1) is 9.78. The number of hydrogen-bond donors (Lipinski definition) is 1. The second-order valence-electron chi connectivity index (χ2n) is 3.94. The third-order valence-corrected chi connectivity index (χ3v) is 4.76. The van der Waals surface area contributed by atoms with Crippen LogP contribution in [-0.2, 0) is 15.7 Å². The Labute approximate surface area is 128 Å². The Hall–Kier alpha value is -1.49. The summed E-state index contributed by atoms with van der Waals surface area (Å²) in [6.07, 6.45) is 0. The maximum Gasteiger partial charge on any atom is 0.364 e. The van der Waals surface area contributed by atoms with Gasteiger partial charge in [-0.2, -0.15) is 4.68 Å². The van der Waals surface area contributed by atoms with Crippen LogP contribution in [0, 0.1) is 0 Å². The van der Waals surface area contributed by atoms with Gasteiger partial charge >= 0.3 is 5.69 Å². The largest absolute Gasteiger partial charge is 0.739 e. The van der Waals surface area contributed by atoms with Crippen molar-refractivity contribution in [3.63, 3.8) is 0 Å². The fourth-order valence-electron chi connectivity index (χ4n) is 1.59. The van der Waals surface area contributed by atoms with Crippen LogP contribution in [-0.4, -0.2) is 33.2 Å². The van der Waals surface area contributed by atoms with E-state index in [0.29, 0.717) is 10.6 Å². The van der Waals surface area contributed by atoms with Crippen molar-refractivity contribution in [2.45, 2.75) is 6.54 Å². The molecule has 0 unspecified atom stereocenters. The van der Waals surface area contributed by atoms with Crippen LogP contribution in [0.3, 0.4) is 0 Å². The van der Waals surface area contributed by atoms with Gasteiger partial charge in [0.2, 0.25) is 0 Å². The minimum Gasteiger partial charge on any atom is -0.739 e. The molecule has 0 radical (unpaired) electrons. The zero-order valence-corrected chi connectivity index (χ0v) is 12.9. The average Bonchev–Trinajstić information content (AvgIpc) is 2.67. The van der Waals surface area contributed by atoms with E-state index in [1.54, 1.807) is 24.3 Å². The molecule has 0 atom stereocenters. The zero-order valence-electron chi connectivity index (χ0n) is 10.5. The summed E-state index contributed by atoms with van der Waals surface area (Å²) in [7, 11) is -4.20. The summed E-state index contributed by atoms with van der Waals surface area (Å²) >= 11 is 5.77. The van der Waals surface area contributed by atoms with Gasteiger partial charge in [-0.25, -0.2) is 17.9 Å². The van der Waals surface area contributed by atoms with Crippen molar-refractivity contribution in [2.75, 3.05) is 11.6 Å². The highest BCUT2D eigenvalue weighted by Gasteiger charge is 2.13. The molecule has 0 aliphatic rings. The predicted octanol–water partition coefficient (Wildman–Crippen LogP) is 0.272. The van der Waals surface area contributed by atoms with Crippen molar-refractivity contribution in [1.82, 2.24) is 14.5 Å². The summed E-state index contributed by atoms with van der Waals surface area (Å²) in [6.45, 7) is -0.0459. The molecule has 0 saturated heterocycles. The number of benzene rings is 1. The molecular formula is C10H10ClN4O4S2-. The second kappa shape index (κ2) is 6.10. The lowest BCUT2D eigenvalue weighted by molar-refractivity contribution is 0.482. The normalized spacial score (nSPS) is 11.7. The van der Waals surface area contributed by atoms with Crippen molar-refractivity contribution in [3.05, 3.63) is 39.8 Å². The Morgan fingerprint density at radius 1 is 1.33 bits per heavy atom. The Bertz CT molecular complexity index is 797. The van der Waals surface area contributed by atoms with Crippen LogP contribution in [0.15, 0.2) is 29.1 Å². The number of halogens is 1. The first-order valence-corrected chi connectivity index (χ1v) is 8.88. The summed E-state index contributed by atoms with van der Waals surface area (Å²) in [5.41, 5.74) is -0.0225. The highest BCUT2D eigenvalue weighted by Crippen LogP contribution is 2.18. The average molecular weight is 350 g/mol. The summed E-state index contributed by atoms with van der Waals surface area (Å²) < 4.78 is 33.3. The molecule has 114 valence electrons. The fourth-order valence-corrected chi connectivity index (χ4v) is 3.00. The summed E-state index contributed by atoms with van der Waals surface area (Å²) in [4.78, 5) is 11.9. The van der Waals surface area contributed by atoms with E-state index in [1.165, 1.54) is 0 Å². The summed E-state index contributed by atoms with van der Waals surface area (Å²) in [5.74, 6) is 5.75. The Balaban J connectivity index is 2.24. The summed E-state index contributed by atoms with van der Waals surface area (Å²) in [5, 5.41) is 4.55. The second-order valence-corrected chi connectivity index (χ2v) is 7.77. The molecule has 0 fully saturated rings. The van der Waals surface area contributed by atoms with Gasteiger partial charge in [0.1, 0.15) is 9.15 Å².